The fourth-order valence-electron chi connectivity index (χ4n) is 2.16. The minimum absolute atomic E-state index is 0.280. The lowest BCUT2D eigenvalue weighted by molar-refractivity contribution is -0.134. The van der Waals surface area contributed by atoms with Gasteiger partial charge in [-0.15, -0.1) is 0 Å². The van der Waals surface area contributed by atoms with E-state index >= 15 is 0 Å². The Morgan fingerprint density at radius 1 is 0.680 bits per heavy atom. The van der Waals surface area contributed by atoms with E-state index in [4.69, 9.17) is 0 Å². The predicted octanol–water partition coefficient (Wildman–Crippen LogP) is 6.86. The fraction of sp³-hybridized carbons (Fsp3) is 0.522. The molecule has 2 heteroatoms. The molecule has 0 radical (unpaired) electrons. The van der Waals surface area contributed by atoms with Crippen molar-refractivity contribution in [3.8, 4) is 0 Å². The lowest BCUT2D eigenvalue weighted by Crippen LogP contribution is -1.93. The van der Waals surface area contributed by atoms with E-state index in [-0.39, 0.29) is 5.97 Å². The SMILES string of the molecule is CCCCC/C=C\C/C=C\C/C=C\C/C=C\CCC/C=C/C(=O)OC. The number of unbranched alkanes of at least 4 members (excludes halogenated alkanes) is 5. The molecule has 0 heterocycles. The molecule has 0 spiro atoms. The third-order valence-corrected chi connectivity index (χ3v) is 3.65. The van der Waals surface area contributed by atoms with Crippen molar-refractivity contribution >= 4 is 5.97 Å². The van der Waals surface area contributed by atoms with Gasteiger partial charge in [-0.2, -0.15) is 0 Å². The summed E-state index contributed by atoms with van der Waals surface area (Å²) in [6.45, 7) is 2.24. The van der Waals surface area contributed by atoms with Crippen LogP contribution >= 0.6 is 0 Å². The molecule has 0 aliphatic carbocycles. The Morgan fingerprint density at radius 3 is 1.68 bits per heavy atom. The van der Waals surface area contributed by atoms with Crippen LogP contribution < -0.4 is 0 Å². The fourth-order valence-corrected chi connectivity index (χ4v) is 2.16. The Morgan fingerprint density at radius 2 is 1.16 bits per heavy atom. The Kier molecular flexibility index (Phi) is 18.7. The summed E-state index contributed by atoms with van der Waals surface area (Å²) in [6, 6.07) is 0. The maximum atomic E-state index is 10.9. The lowest BCUT2D eigenvalue weighted by Gasteiger charge is -1.91. The van der Waals surface area contributed by atoms with Gasteiger partial charge in [0.05, 0.1) is 7.11 Å². The highest BCUT2D eigenvalue weighted by Crippen LogP contribution is 2.01. The van der Waals surface area contributed by atoms with Crippen LogP contribution in [0.25, 0.3) is 0 Å². The van der Waals surface area contributed by atoms with Crippen LogP contribution in [0.2, 0.25) is 0 Å². The minimum atomic E-state index is -0.280. The number of allylic oxidation sites excluding steroid dienone is 9. The maximum Gasteiger partial charge on any atom is 0.330 e. The molecule has 0 atom stereocenters. The summed E-state index contributed by atoms with van der Waals surface area (Å²) in [4.78, 5) is 10.9. The van der Waals surface area contributed by atoms with Crippen LogP contribution in [0.5, 0.6) is 0 Å². The van der Waals surface area contributed by atoms with Crippen molar-refractivity contribution in [2.24, 2.45) is 0 Å². The topological polar surface area (TPSA) is 26.3 Å². The normalized spacial score (nSPS) is 12.6. The molecule has 0 aromatic carbocycles. The van der Waals surface area contributed by atoms with E-state index in [1.807, 2.05) is 6.08 Å². The molecule has 0 rings (SSSR count). The molecule has 0 saturated carbocycles. The molecule has 0 aromatic heterocycles. The number of methoxy groups -OCH3 is 1. The molecule has 0 amide bonds. The van der Waals surface area contributed by atoms with Gasteiger partial charge in [0.15, 0.2) is 0 Å². The van der Waals surface area contributed by atoms with Gasteiger partial charge in [0.25, 0.3) is 0 Å². The first-order chi connectivity index (χ1) is 12.3. The monoisotopic (exact) mass is 344 g/mol. The Hall–Kier alpha value is -1.83. The van der Waals surface area contributed by atoms with Gasteiger partial charge in [0.1, 0.15) is 0 Å². The van der Waals surface area contributed by atoms with E-state index < -0.39 is 0 Å². The molecular weight excluding hydrogens is 308 g/mol. The second kappa shape index (κ2) is 20.2. The van der Waals surface area contributed by atoms with Gasteiger partial charge in [-0.05, 0) is 51.4 Å². The van der Waals surface area contributed by atoms with Gasteiger partial charge in [-0.1, -0.05) is 74.4 Å². The van der Waals surface area contributed by atoms with Gasteiger partial charge in [-0.3, -0.25) is 0 Å². The zero-order valence-corrected chi connectivity index (χ0v) is 16.2. The smallest absolute Gasteiger partial charge is 0.330 e. The van der Waals surface area contributed by atoms with Crippen LogP contribution in [-0.4, -0.2) is 13.1 Å². The van der Waals surface area contributed by atoms with Crippen molar-refractivity contribution in [3.63, 3.8) is 0 Å². The highest BCUT2D eigenvalue weighted by atomic mass is 16.5. The molecule has 0 fully saturated rings. The van der Waals surface area contributed by atoms with Gasteiger partial charge in [0.2, 0.25) is 0 Å². The number of rotatable bonds is 15. The Bertz CT molecular complexity index is 439. The number of carbonyl (C=O) groups is 1. The van der Waals surface area contributed by atoms with Crippen molar-refractivity contribution in [1.29, 1.82) is 0 Å². The Labute approximate surface area is 155 Å². The van der Waals surface area contributed by atoms with Crippen molar-refractivity contribution in [1.82, 2.24) is 0 Å². The van der Waals surface area contributed by atoms with Crippen molar-refractivity contribution in [2.45, 2.75) is 71.1 Å². The first-order valence-corrected chi connectivity index (χ1v) is 9.65. The number of hydrogen-bond donors (Lipinski definition) is 0. The first-order valence-electron chi connectivity index (χ1n) is 9.65. The molecule has 25 heavy (non-hydrogen) atoms. The number of esters is 1. The van der Waals surface area contributed by atoms with E-state index in [0.717, 1.165) is 38.5 Å². The largest absolute Gasteiger partial charge is 0.466 e. The molecular formula is C23H36O2. The molecule has 0 aliphatic rings. The summed E-state index contributed by atoms with van der Waals surface area (Å²) >= 11 is 0. The molecule has 0 bridgehead atoms. The quantitative estimate of drug-likeness (QED) is 0.140. The van der Waals surface area contributed by atoms with Gasteiger partial charge >= 0.3 is 5.97 Å². The maximum absolute atomic E-state index is 10.9. The summed E-state index contributed by atoms with van der Waals surface area (Å²) in [7, 11) is 1.39. The molecule has 0 N–H and O–H groups in total. The van der Waals surface area contributed by atoms with Crippen LogP contribution in [0.3, 0.4) is 0 Å². The number of carbonyl (C=O) groups excluding carboxylic acids is 1. The minimum Gasteiger partial charge on any atom is -0.466 e. The second-order valence-corrected chi connectivity index (χ2v) is 5.94. The van der Waals surface area contributed by atoms with Gasteiger partial charge in [-0.25, -0.2) is 4.79 Å². The third kappa shape index (κ3) is 20.1. The zero-order valence-electron chi connectivity index (χ0n) is 16.2. The lowest BCUT2D eigenvalue weighted by atomic mass is 10.2. The van der Waals surface area contributed by atoms with Crippen LogP contribution in [0.1, 0.15) is 71.1 Å². The summed E-state index contributed by atoms with van der Waals surface area (Å²) in [6.07, 6.45) is 32.4. The van der Waals surface area contributed by atoms with E-state index in [9.17, 15) is 4.79 Å². The van der Waals surface area contributed by atoms with Crippen molar-refractivity contribution in [2.75, 3.05) is 7.11 Å². The zero-order chi connectivity index (χ0) is 18.4. The average Bonchev–Trinajstić information content (AvgIpc) is 2.63. The van der Waals surface area contributed by atoms with Gasteiger partial charge < -0.3 is 4.74 Å². The van der Waals surface area contributed by atoms with E-state index in [1.165, 1.54) is 38.9 Å². The van der Waals surface area contributed by atoms with Crippen LogP contribution in [0, 0.1) is 0 Å². The molecule has 0 aliphatic heterocycles. The van der Waals surface area contributed by atoms with Crippen LogP contribution in [0.15, 0.2) is 60.8 Å². The summed E-state index contributed by atoms with van der Waals surface area (Å²) in [5.41, 5.74) is 0. The molecule has 0 aromatic rings. The van der Waals surface area contributed by atoms with E-state index in [2.05, 4.69) is 60.3 Å². The number of hydrogen-bond acceptors (Lipinski definition) is 2. The van der Waals surface area contributed by atoms with Crippen molar-refractivity contribution < 1.29 is 9.53 Å². The van der Waals surface area contributed by atoms with Gasteiger partial charge in [0, 0.05) is 6.08 Å². The summed E-state index contributed by atoms with van der Waals surface area (Å²) in [5.74, 6) is -0.280. The third-order valence-electron chi connectivity index (χ3n) is 3.65. The predicted molar refractivity (Wildman–Crippen MR) is 110 cm³/mol. The van der Waals surface area contributed by atoms with Crippen LogP contribution in [-0.2, 0) is 9.53 Å². The number of ether oxygens (including phenoxy) is 1. The van der Waals surface area contributed by atoms with E-state index in [0.29, 0.717) is 0 Å². The summed E-state index contributed by atoms with van der Waals surface area (Å²) in [5, 5.41) is 0. The second-order valence-electron chi connectivity index (χ2n) is 5.94. The van der Waals surface area contributed by atoms with Crippen molar-refractivity contribution in [3.05, 3.63) is 60.8 Å². The summed E-state index contributed by atoms with van der Waals surface area (Å²) < 4.78 is 4.53. The average molecular weight is 345 g/mol. The highest BCUT2D eigenvalue weighted by Gasteiger charge is 1.88. The standard InChI is InChI=1S/C23H36O2/c1-3-4-5-6-7-8-9-10-11-12-13-14-15-16-17-18-19-20-21-22-23(24)25-2/h7-8,10-11,13-14,16-17,21-22H,3-6,9,12,15,18-20H2,1-2H3/b8-7-,11-10-,14-13-,17-16-,22-21+. The molecule has 0 unspecified atom stereocenters. The molecule has 2 nitrogen and oxygen atoms in total. The Balaban J connectivity index is 3.46. The highest BCUT2D eigenvalue weighted by molar-refractivity contribution is 5.81. The van der Waals surface area contributed by atoms with E-state index in [1.54, 1.807) is 0 Å². The van der Waals surface area contributed by atoms with Crippen LogP contribution in [0.4, 0.5) is 0 Å². The molecule has 140 valence electrons. The first kappa shape index (κ1) is 23.2. The molecule has 0 saturated heterocycles.